The van der Waals surface area contributed by atoms with Crippen LogP contribution in [0.2, 0.25) is 0 Å². The lowest BCUT2D eigenvalue weighted by atomic mass is 9.86. The molecule has 15 heavy (non-hydrogen) atoms. The molecule has 3 heterocycles. The number of ether oxygens (including phenoxy) is 1. The van der Waals surface area contributed by atoms with Crippen molar-refractivity contribution in [1.82, 2.24) is 9.97 Å². The third kappa shape index (κ3) is 1.40. The van der Waals surface area contributed by atoms with E-state index in [0.29, 0.717) is 0 Å². The summed E-state index contributed by atoms with van der Waals surface area (Å²) in [5.74, 6) is 0.857. The lowest BCUT2D eigenvalue weighted by molar-refractivity contribution is -0.161. The molecule has 2 fully saturated rings. The first-order valence-corrected chi connectivity index (χ1v) is 5.52. The van der Waals surface area contributed by atoms with E-state index >= 15 is 0 Å². The average molecular weight is 205 g/mol. The SMILES string of the molecule is CCc1ccnc(N2CC3(CCO3)C2)n1. The van der Waals surface area contributed by atoms with Crippen LogP contribution in [-0.4, -0.2) is 35.3 Å². The van der Waals surface area contributed by atoms with E-state index in [4.69, 9.17) is 4.74 Å². The van der Waals surface area contributed by atoms with Crippen molar-refractivity contribution >= 4 is 5.95 Å². The molecule has 0 saturated carbocycles. The van der Waals surface area contributed by atoms with Crippen LogP contribution in [0, 0.1) is 0 Å². The Bertz CT molecular complexity index is 368. The summed E-state index contributed by atoms with van der Waals surface area (Å²) in [6, 6.07) is 1.97. The topological polar surface area (TPSA) is 38.2 Å². The van der Waals surface area contributed by atoms with Gasteiger partial charge in [-0.15, -0.1) is 0 Å². The molecule has 0 N–H and O–H groups in total. The van der Waals surface area contributed by atoms with E-state index in [1.54, 1.807) is 0 Å². The largest absolute Gasteiger partial charge is 0.371 e. The molecule has 2 aliphatic rings. The van der Waals surface area contributed by atoms with Crippen LogP contribution in [0.15, 0.2) is 12.3 Å². The van der Waals surface area contributed by atoms with E-state index in [1.807, 2.05) is 12.3 Å². The van der Waals surface area contributed by atoms with Crippen molar-refractivity contribution < 1.29 is 4.74 Å². The molecule has 0 unspecified atom stereocenters. The summed E-state index contributed by atoms with van der Waals surface area (Å²) >= 11 is 0. The zero-order valence-electron chi connectivity index (χ0n) is 8.94. The average Bonchev–Trinajstić information content (AvgIpc) is 2.14. The maximum absolute atomic E-state index is 5.57. The fraction of sp³-hybridized carbons (Fsp3) is 0.636. The maximum atomic E-state index is 5.57. The number of hydrogen-bond donors (Lipinski definition) is 0. The molecule has 4 heteroatoms. The van der Waals surface area contributed by atoms with Gasteiger partial charge < -0.3 is 9.64 Å². The Kier molecular flexibility index (Phi) is 1.92. The quantitative estimate of drug-likeness (QED) is 0.722. The van der Waals surface area contributed by atoms with Crippen molar-refractivity contribution in [3.63, 3.8) is 0 Å². The van der Waals surface area contributed by atoms with Crippen molar-refractivity contribution in [3.05, 3.63) is 18.0 Å². The van der Waals surface area contributed by atoms with Gasteiger partial charge in [0.25, 0.3) is 0 Å². The number of aromatic nitrogens is 2. The molecule has 2 aliphatic heterocycles. The van der Waals surface area contributed by atoms with Crippen LogP contribution < -0.4 is 4.90 Å². The van der Waals surface area contributed by atoms with E-state index in [9.17, 15) is 0 Å². The van der Waals surface area contributed by atoms with E-state index < -0.39 is 0 Å². The van der Waals surface area contributed by atoms with Gasteiger partial charge in [-0.1, -0.05) is 6.92 Å². The summed E-state index contributed by atoms with van der Waals surface area (Å²) in [6.07, 6.45) is 4.00. The Hall–Kier alpha value is -1.16. The molecule has 0 aromatic carbocycles. The second-order valence-corrected chi connectivity index (χ2v) is 4.34. The molecule has 80 valence electrons. The van der Waals surface area contributed by atoms with Gasteiger partial charge in [-0.25, -0.2) is 9.97 Å². The van der Waals surface area contributed by atoms with E-state index in [2.05, 4.69) is 21.8 Å². The first-order valence-electron chi connectivity index (χ1n) is 5.52. The minimum absolute atomic E-state index is 0.158. The fourth-order valence-electron chi connectivity index (χ4n) is 2.16. The summed E-state index contributed by atoms with van der Waals surface area (Å²) in [6.45, 7) is 4.95. The van der Waals surface area contributed by atoms with Crippen LogP contribution in [0.5, 0.6) is 0 Å². The van der Waals surface area contributed by atoms with Gasteiger partial charge in [-0.3, -0.25) is 0 Å². The Morgan fingerprint density at radius 2 is 2.33 bits per heavy atom. The van der Waals surface area contributed by atoms with Gasteiger partial charge in [-0.2, -0.15) is 0 Å². The molecule has 4 nitrogen and oxygen atoms in total. The lowest BCUT2D eigenvalue weighted by Gasteiger charge is -2.55. The van der Waals surface area contributed by atoms with Crippen molar-refractivity contribution in [2.24, 2.45) is 0 Å². The maximum Gasteiger partial charge on any atom is 0.225 e. The van der Waals surface area contributed by atoms with E-state index in [-0.39, 0.29) is 5.60 Å². The normalized spacial score (nSPS) is 22.3. The summed E-state index contributed by atoms with van der Waals surface area (Å²) in [7, 11) is 0. The number of hydrogen-bond acceptors (Lipinski definition) is 4. The highest BCUT2D eigenvalue weighted by Crippen LogP contribution is 2.37. The summed E-state index contributed by atoms with van der Waals surface area (Å²) in [4.78, 5) is 11.0. The Morgan fingerprint density at radius 3 is 2.93 bits per heavy atom. The smallest absolute Gasteiger partial charge is 0.225 e. The number of aryl methyl sites for hydroxylation is 1. The third-order valence-corrected chi connectivity index (χ3v) is 3.27. The third-order valence-electron chi connectivity index (χ3n) is 3.27. The molecule has 0 atom stereocenters. The van der Waals surface area contributed by atoms with Gasteiger partial charge in [0.05, 0.1) is 19.7 Å². The van der Waals surface area contributed by atoms with Crippen LogP contribution in [0.25, 0.3) is 0 Å². The minimum atomic E-state index is 0.158. The van der Waals surface area contributed by atoms with Gasteiger partial charge in [0.2, 0.25) is 5.95 Å². The van der Waals surface area contributed by atoms with Crippen LogP contribution in [-0.2, 0) is 11.2 Å². The standard InChI is InChI=1S/C11H15N3O/c1-2-9-3-5-12-10(13-9)14-7-11(8-14)4-6-15-11/h3,5H,2,4,6-8H2,1H3. The zero-order chi connectivity index (χ0) is 10.3. The van der Waals surface area contributed by atoms with Gasteiger partial charge in [-0.05, 0) is 12.5 Å². The molecule has 0 radical (unpaired) electrons. The molecular weight excluding hydrogens is 190 g/mol. The number of anilines is 1. The highest BCUT2D eigenvalue weighted by molar-refractivity contribution is 5.38. The predicted molar refractivity (Wildman–Crippen MR) is 56.9 cm³/mol. The molecule has 0 aliphatic carbocycles. The monoisotopic (exact) mass is 205 g/mol. The second kappa shape index (κ2) is 3.17. The summed E-state index contributed by atoms with van der Waals surface area (Å²) in [5, 5.41) is 0. The molecule has 2 saturated heterocycles. The molecule has 1 aromatic rings. The van der Waals surface area contributed by atoms with Crippen LogP contribution >= 0.6 is 0 Å². The van der Waals surface area contributed by atoms with E-state index in [1.165, 1.54) is 6.42 Å². The highest BCUT2D eigenvalue weighted by Gasteiger charge is 2.49. The van der Waals surface area contributed by atoms with Crippen LogP contribution in [0.3, 0.4) is 0 Å². The van der Waals surface area contributed by atoms with Gasteiger partial charge in [0.15, 0.2) is 0 Å². The van der Waals surface area contributed by atoms with Crippen LogP contribution in [0.1, 0.15) is 19.0 Å². The minimum Gasteiger partial charge on any atom is -0.371 e. The second-order valence-electron chi connectivity index (χ2n) is 4.34. The van der Waals surface area contributed by atoms with Crippen molar-refractivity contribution in [3.8, 4) is 0 Å². The Balaban J connectivity index is 1.72. The highest BCUT2D eigenvalue weighted by atomic mass is 16.5. The molecule has 0 amide bonds. The zero-order valence-corrected chi connectivity index (χ0v) is 8.94. The first-order chi connectivity index (χ1) is 7.31. The molecule has 1 spiro atoms. The molecular formula is C11H15N3O. The van der Waals surface area contributed by atoms with Crippen molar-refractivity contribution in [1.29, 1.82) is 0 Å². The van der Waals surface area contributed by atoms with Gasteiger partial charge in [0.1, 0.15) is 5.60 Å². The van der Waals surface area contributed by atoms with Crippen molar-refractivity contribution in [2.75, 3.05) is 24.6 Å². The van der Waals surface area contributed by atoms with Gasteiger partial charge >= 0.3 is 0 Å². The van der Waals surface area contributed by atoms with E-state index in [0.717, 1.165) is 37.8 Å². The predicted octanol–water partition coefficient (Wildman–Crippen LogP) is 1.02. The van der Waals surface area contributed by atoms with Crippen molar-refractivity contribution in [2.45, 2.75) is 25.4 Å². The molecule has 1 aromatic heterocycles. The number of rotatable bonds is 2. The van der Waals surface area contributed by atoms with Crippen LogP contribution in [0.4, 0.5) is 5.95 Å². The summed E-state index contributed by atoms with van der Waals surface area (Å²) in [5.41, 5.74) is 1.27. The number of nitrogens with zero attached hydrogens (tertiary/aromatic N) is 3. The first kappa shape index (κ1) is 9.09. The molecule has 3 rings (SSSR count). The Labute approximate surface area is 89.3 Å². The lowest BCUT2D eigenvalue weighted by Crippen LogP contribution is -2.68. The molecule has 0 bridgehead atoms. The Morgan fingerprint density at radius 1 is 1.53 bits per heavy atom. The summed E-state index contributed by atoms with van der Waals surface area (Å²) < 4.78 is 5.57. The van der Waals surface area contributed by atoms with Gasteiger partial charge in [0, 0.05) is 18.3 Å². The fourth-order valence-corrected chi connectivity index (χ4v) is 2.16.